The number of rotatable bonds is 6. The molecule has 0 saturated heterocycles. The molecular formula is C16H17F3N4O. The lowest BCUT2D eigenvalue weighted by molar-refractivity contribution is -0.137. The molecule has 0 unspecified atom stereocenters. The Bertz CT molecular complexity index is 686. The van der Waals surface area contributed by atoms with Crippen LogP contribution >= 0.6 is 0 Å². The summed E-state index contributed by atoms with van der Waals surface area (Å²) in [4.78, 5) is 20.1. The van der Waals surface area contributed by atoms with Crippen LogP contribution in [0.5, 0.6) is 0 Å². The van der Waals surface area contributed by atoms with Crippen molar-refractivity contribution in [3.63, 3.8) is 0 Å². The van der Waals surface area contributed by atoms with E-state index < -0.39 is 17.6 Å². The molecule has 0 fully saturated rings. The van der Waals surface area contributed by atoms with Crippen molar-refractivity contribution < 1.29 is 18.0 Å². The molecule has 0 radical (unpaired) electrons. The highest BCUT2D eigenvalue weighted by Gasteiger charge is 2.30. The van der Waals surface area contributed by atoms with Gasteiger partial charge in [0, 0.05) is 12.2 Å². The molecule has 0 atom stereocenters. The van der Waals surface area contributed by atoms with Crippen LogP contribution in [-0.2, 0) is 6.18 Å². The minimum Gasteiger partial charge on any atom is -0.369 e. The second-order valence-corrected chi connectivity index (χ2v) is 5.10. The van der Waals surface area contributed by atoms with E-state index in [1.165, 1.54) is 24.5 Å². The van der Waals surface area contributed by atoms with Gasteiger partial charge in [-0.25, -0.2) is 9.97 Å². The van der Waals surface area contributed by atoms with Gasteiger partial charge in [-0.3, -0.25) is 4.79 Å². The van der Waals surface area contributed by atoms with Gasteiger partial charge in [0.05, 0.1) is 18.0 Å². The summed E-state index contributed by atoms with van der Waals surface area (Å²) in [6, 6.07) is 4.41. The molecule has 0 aliphatic rings. The lowest BCUT2D eigenvalue weighted by Gasteiger charge is -2.10. The van der Waals surface area contributed by atoms with E-state index in [-0.39, 0.29) is 11.4 Å². The van der Waals surface area contributed by atoms with E-state index in [1.54, 1.807) is 0 Å². The van der Waals surface area contributed by atoms with Crippen molar-refractivity contribution in [1.29, 1.82) is 0 Å². The fourth-order valence-corrected chi connectivity index (χ4v) is 1.90. The number of carbonyl (C=O) groups is 1. The van der Waals surface area contributed by atoms with Crippen molar-refractivity contribution in [2.75, 3.05) is 17.2 Å². The van der Waals surface area contributed by atoms with Crippen molar-refractivity contribution in [1.82, 2.24) is 9.97 Å². The number of carbonyl (C=O) groups excluding carboxylic acids is 1. The highest BCUT2D eigenvalue weighted by atomic mass is 19.4. The first-order chi connectivity index (χ1) is 11.4. The van der Waals surface area contributed by atoms with Crippen molar-refractivity contribution in [2.24, 2.45) is 0 Å². The van der Waals surface area contributed by atoms with E-state index in [2.05, 4.69) is 27.5 Å². The summed E-state index contributed by atoms with van der Waals surface area (Å²) < 4.78 is 38.0. The van der Waals surface area contributed by atoms with Gasteiger partial charge in [-0.2, -0.15) is 13.2 Å². The van der Waals surface area contributed by atoms with Crippen LogP contribution in [0.25, 0.3) is 0 Å². The Kier molecular flexibility index (Phi) is 5.73. The number of amides is 1. The maximum absolute atomic E-state index is 12.7. The molecule has 5 nitrogen and oxygen atoms in total. The van der Waals surface area contributed by atoms with E-state index in [9.17, 15) is 18.0 Å². The number of aromatic nitrogens is 2. The number of alkyl halides is 3. The summed E-state index contributed by atoms with van der Waals surface area (Å²) in [6.07, 6.45) is 0.248. The molecule has 0 aliphatic heterocycles. The predicted octanol–water partition coefficient (Wildman–Crippen LogP) is 3.96. The third-order valence-electron chi connectivity index (χ3n) is 3.17. The number of hydrogen-bond acceptors (Lipinski definition) is 4. The second-order valence-electron chi connectivity index (χ2n) is 5.10. The SMILES string of the molecule is CCCCNc1cnc(C(=O)Nc2cccc(C(F)(F)F)c2)cn1. The minimum atomic E-state index is -4.47. The molecule has 1 aromatic heterocycles. The quantitative estimate of drug-likeness (QED) is 0.783. The lowest BCUT2D eigenvalue weighted by Crippen LogP contribution is -2.15. The maximum Gasteiger partial charge on any atom is 0.416 e. The Morgan fingerprint density at radius 3 is 2.62 bits per heavy atom. The zero-order valence-corrected chi connectivity index (χ0v) is 13.0. The van der Waals surface area contributed by atoms with Crippen LogP contribution < -0.4 is 10.6 Å². The van der Waals surface area contributed by atoms with Crippen LogP contribution in [0, 0.1) is 0 Å². The first kappa shape index (κ1) is 17.7. The van der Waals surface area contributed by atoms with Gasteiger partial charge in [-0.1, -0.05) is 19.4 Å². The first-order valence-corrected chi connectivity index (χ1v) is 7.44. The van der Waals surface area contributed by atoms with Gasteiger partial charge in [-0.15, -0.1) is 0 Å². The third kappa shape index (κ3) is 4.94. The number of nitrogens with one attached hydrogen (secondary N) is 2. The molecule has 2 N–H and O–H groups in total. The summed E-state index contributed by atoms with van der Waals surface area (Å²) in [5.74, 6) is -0.0824. The summed E-state index contributed by atoms with van der Waals surface area (Å²) in [5, 5.41) is 5.44. The highest BCUT2D eigenvalue weighted by molar-refractivity contribution is 6.02. The van der Waals surface area contributed by atoms with Gasteiger partial charge in [0.15, 0.2) is 0 Å². The van der Waals surface area contributed by atoms with E-state index in [0.29, 0.717) is 5.82 Å². The van der Waals surface area contributed by atoms with Crippen LogP contribution in [0.2, 0.25) is 0 Å². The Balaban J connectivity index is 2.02. The molecule has 0 aliphatic carbocycles. The van der Waals surface area contributed by atoms with Crippen molar-refractivity contribution >= 4 is 17.4 Å². The van der Waals surface area contributed by atoms with Gasteiger partial charge in [0.1, 0.15) is 11.5 Å². The standard InChI is InChI=1S/C16H17F3N4O/c1-2-3-7-20-14-10-21-13(9-22-14)15(24)23-12-6-4-5-11(8-12)16(17,18)19/h4-6,8-10H,2-3,7H2,1H3,(H,20,22)(H,23,24). The van der Waals surface area contributed by atoms with Crippen LogP contribution in [0.4, 0.5) is 24.7 Å². The number of halogens is 3. The molecule has 2 rings (SSSR count). The topological polar surface area (TPSA) is 66.9 Å². The Labute approximate surface area is 137 Å². The predicted molar refractivity (Wildman–Crippen MR) is 84.8 cm³/mol. The van der Waals surface area contributed by atoms with Crippen LogP contribution in [-0.4, -0.2) is 22.4 Å². The summed E-state index contributed by atoms with van der Waals surface area (Å²) in [7, 11) is 0. The number of benzene rings is 1. The largest absolute Gasteiger partial charge is 0.416 e. The van der Waals surface area contributed by atoms with Crippen LogP contribution in [0.15, 0.2) is 36.7 Å². The van der Waals surface area contributed by atoms with E-state index >= 15 is 0 Å². The van der Waals surface area contributed by atoms with E-state index in [1.807, 2.05) is 0 Å². The molecule has 0 spiro atoms. The summed E-state index contributed by atoms with van der Waals surface area (Å²) in [6.45, 7) is 2.82. The lowest BCUT2D eigenvalue weighted by atomic mass is 10.2. The molecule has 24 heavy (non-hydrogen) atoms. The molecule has 2 aromatic rings. The maximum atomic E-state index is 12.7. The Morgan fingerprint density at radius 2 is 2.00 bits per heavy atom. The molecule has 0 bridgehead atoms. The van der Waals surface area contributed by atoms with E-state index in [0.717, 1.165) is 31.5 Å². The zero-order chi connectivity index (χ0) is 17.6. The molecular weight excluding hydrogens is 321 g/mol. The Morgan fingerprint density at radius 1 is 1.21 bits per heavy atom. The number of hydrogen-bond donors (Lipinski definition) is 2. The fourth-order valence-electron chi connectivity index (χ4n) is 1.90. The summed E-state index contributed by atoms with van der Waals surface area (Å²) in [5.41, 5.74) is -0.767. The molecule has 8 heteroatoms. The van der Waals surface area contributed by atoms with Crippen LogP contribution in [0.3, 0.4) is 0 Å². The number of nitrogens with zero attached hydrogens (tertiary/aromatic N) is 2. The average molecular weight is 338 g/mol. The van der Waals surface area contributed by atoms with Crippen LogP contribution in [0.1, 0.15) is 35.8 Å². The average Bonchev–Trinajstić information content (AvgIpc) is 2.55. The van der Waals surface area contributed by atoms with Crippen molar-refractivity contribution in [3.8, 4) is 0 Å². The molecule has 1 aromatic carbocycles. The number of unbranched alkanes of at least 4 members (excludes halogenated alkanes) is 1. The first-order valence-electron chi connectivity index (χ1n) is 7.44. The number of anilines is 2. The van der Waals surface area contributed by atoms with Crippen molar-refractivity contribution in [2.45, 2.75) is 25.9 Å². The molecule has 0 saturated carbocycles. The van der Waals surface area contributed by atoms with Gasteiger partial charge >= 0.3 is 6.18 Å². The summed E-state index contributed by atoms with van der Waals surface area (Å²) >= 11 is 0. The van der Waals surface area contributed by atoms with Crippen molar-refractivity contribution in [3.05, 3.63) is 47.9 Å². The third-order valence-corrected chi connectivity index (χ3v) is 3.17. The normalized spacial score (nSPS) is 11.2. The van der Waals surface area contributed by atoms with E-state index in [4.69, 9.17) is 0 Å². The monoisotopic (exact) mass is 338 g/mol. The minimum absolute atomic E-state index is 0.0217. The Hall–Kier alpha value is -2.64. The van der Waals surface area contributed by atoms with Gasteiger partial charge in [-0.05, 0) is 24.6 Å². The second kappa shape index (κ2) is 7.76. The van der Waals surface area contributed by atoms with Gasteiger partial charge < -0.3 is 10.6 Å². The molecule has 128 valence electrons. The highest BCUT2D eigenvalue weighted by Crippen LogP contribution is 2.30. The fraction of sp³-hybridized carbons (Fsp3) is 0.312. The zero-order valence-electron chi connectivity index (χ0n) is 13.0. The smallest absolute Gasteiger partial charge is 0.369 e. The van der Waals surface area contributed by atoms with Gasteiger partial charge in [0.25, 0.3) is 5.91 Å². The molecule has 1 amide bonds. The van der Waals surface area contributed by atoms with Gasteiger partial charge in [0.2, 0.25) is 0 Å². The molecule has 1 heterocycles.